The summed E-state index contributed by atoms with van der Waals surface area (Å²) in [4.78, 5) is 8.35. The number of rotatable bonds is 7. The Morgan fingerprint density at radius 3 is 2.59 bits per heavy atom. The number of hydrogen-bond donors (Lipinski definition) is 3. The fourth-order valence-electron chi connectivity index (χ4n) is 1.74. The van der Waals surface area contributed by atoms with Crippen LogP contribution in [0.2, 0.25) is 0 Å². The van der Waals surface area contributed by atoms with Crippen molar-refractivity contribution in [3.8, 4) is 0 Å². The summed E-state index contributed by atoms with van der Waals surface area (Å²) in [7, 11) is 0. The zero-order valence-corrected chi connectivity index (χ0v) is 11.0. The number of nitrogens with two attached hydrogens (primary N) is 1. The van der Waals surface area contributed by atoms with E-state index in [2.05, 4.69) is 41.5 Å². The van der Waals surface area contributed by atoms with Gasteiger partial charge in [0.05, 0.1) is 0 Å². The molecule has 4 N–H and O–H groups in total. The molecule has 0 radical (unpaired) electrons. The van der Waals surface area contributed by atoms with Crippen molar-refractivity contribution < 1.29 is 0 Å². The van der Waals surface area contributed by atoms with Gasteiger partial charge in [-0.15, -0.1) is 0 Å². The molecule has 1 rings (SSSR count). The predicted molar refractivity (Wildman–Crippen MR) is 71.8 cm³/mol. The number of anilines is 2. The normalized spacial score (nSPS) is 10.6. The first kappa shape index (κ1) is 13.7. The summed E-state index contributed by atoms with van der Waals surface area (Å²) in [6, 6.07) is 0. The Morgan fingerprint density at radius 1 is 1.29 bits per heavy atom. The molecule has 0 amide bonds. The van der Waals surface area contributed by atoms with Crippen LogP contribution in [0, 0.1) is 5.92 Å². The average Bonchev–Trinajstić information content (AvgIpc) is 2.33. The molecule has 0 aliphatic carbocycles. The molecule has 0 saturated heterocycles. The third-order valence-electron chi connectivity index (χ3n) is 2.69. The maximum absolute atomic E-state index is 5.42. The van der Waals surface area contributed by atoms with E-state index in [1.807, 2.05) is 0 Å². The first-order valence-electron chi connectivity index (χ1n) is 6.23. The van der Waals surface area contributed by atoms with Crippen LogP contribution < -0.4 is 16.6 Å². The van der Waals surface area contributed by atoms with Crippen molar-refractivity contribution in [1.82, 2.24) is 9.97 Å². The number of hydrazine groups is 1. The number of hydrogen-bond acceptors (Lipinski definition) is 5. The molecule has 5 heteroatoms. The lowest BCUT2D eigenvalue weighted by Gasteiger charge is -2.12. The van der Waals surface area contributed by atoms with E-state index >= 15 is 0 Å². The summed E-state index contributed by atoms with van der Waals surface area (Å²) >= 11 is 0. The lowest BCUT2D eigenvalue weighted by molar-refractivity contribution is 0.566. The molecule has 0 bridgehead atoms. The number of nitrogens with one attached hydrogen (secondary N) is 2. The van der Waals surface area contributed by atoms with Crippen molar-refractivity contribution in [2.75, 3.05) is 17.3 Å². The molecule has 0 aliphatic heterocycles. The highest BCUT2D eigenvalue weighted by molar-refractivity contribution is 5.56. The van der Waals surface area contributed by atoms with Crippen LogP contribution in [0.3, 0.4) is 0 Å². The molecule has 0 saturated carbocycles. The third kappa shape index (κ3) is 4.19. The molecule has 17 heavy (non-hydrogen) atoms. The molecular formula is C12H23N5. The van der Waals surface area contributed by atoms with E-state index < -0.39 is 0 Å². The molecule has 0 spiro atoms. The van der Waals surface area contributed by atoms with Gasteiger partial charge < -0.3 is 10.7 Å². The van der Waals surface area contributed by atoms with Gasteiger partial charge in [-0.2, -0.15) is 0 Å². The Balaban J connectivity index is 2.58. The second-order valence-electron chi connectivity index (χ2n) is 4.51. The largest absolute Gasteiger partial charge is 0.370 e. The van der Waals surface area contributed by atoms with Crippen LogP contribution in [0.15, 0.2) is 6.33 Å². The highest BCUT2D eigenvalue weighted by atomic mass is 15.3. The molecule has 0 aliphatic rings. The topological polar surface area (TPSA) is 75.9 Å². The molecule has 0 atom stereocenters. The quantitative estimate of drug-likeness (QED) is 0.385. The van der Waals surface area contributed by atoms with Gasteiger partial charge in [-0.05, 0) is 25.2 Å². The van der Waals surface area contributed by atoms with Crippen molar-refractivity contribution in [3.05, 3.63) is 11.9 Å². The van der Waals surface area contributed by atoms with Crippen LogP contribution in [-0.2, 0) is 6.42 Å². The Bertz CT molecular complexity index is 338. The van der Waals surface area contributed by atoms with Crippen molar-refractivity contribution in [2.24, 2.45) is 11.8 Å². The Labute approximate surface area is 103 Å². The zero-order chi connectivity index (χ0) is 12.7. The first-order chi connectivity index (χ1) is 8.19. The smallest absolute Gasteiger partial charge is 0.148 e. The van der Waals surface area contributed by atoms with Gasteiger partial charge in [0, 0.05) is 12.1 Å². The van der Waals surface area contributed by atoms with E-state index in [-0.39, 0.29) is 0 Å². The number of nitrogens with zero attached hydrogens (tertiary/aromatic N) is 2. The van der Waals surface area contributed by atoms with Gasteiger partial charge in [0.1, 0.15) is 18.0 Å². The van der Waals surface area contributed by atoms with E-state index in [0.717, 1.165) is 36.7 Å². The fourth-order valence-corrected chi connectivity index (χ4v) is 1.74. The fraction of sp³-hybridized carbons (Fsp3) is 0.667. The lowest BCUT2D eigenvalue weighted by Crippen LogP contribution is -2.14. The molecule has 0 unspecified atom stereocenters. The molecule has 1 aromatic heterocycles. The Kier molecular flexibility index (Phi) is 5.69. The van der Waals surface area contributed by atoms with Crippen LogP contribution >= 0.6 is 0 Å². The number of aromatic nitrogens is 2. The average molecular weight is 237 g/mol. The molecule has 0 aromatic carbocycles. The van der Waals surface area contributed by atoms with Crippen LogP contribution in [-0.4, -0.2) is 16.5 Å². The monoisotopic (exact) mass is 237 g/mol. The van der Waals surface area contributed by atoms with Crippen molar-refractivity contribution >= 4 is 11.6 Å². The van der Waals surface area contributed by atoms with Gasteiger partial charge >= 0.3 is 0 Å². The lowest BCUT2D eigenvalue weighted by atomic mass is 10.1. The van der Waals surface area contributed by atoms with E-state index in [9.17, 15) is 0 Å². The minimum atomic E-state index is 0.703. The summed E-state index contributed by atoms with van der Waals surface area (Å²) in [5.74, 6) is 7.76. The molecule has 96 valence electrons. The van der Waals surface area contributed by atoms with Crippen molar-refractivity contribution in [2.45, 2.75) is 40.0 Å². The van der Waals surface area contributed by atoms with Gasteiger partial charge in [-0.1, -0.05) is 20.8 Å². The number of nitrogen functional groups attached to an aromatic ring is 1. The molecule has 1 heterocycles. The molecule has 5 nitrogen and oxygen atoms in total. The molecular weight excluding hydrogens is 214 g/mol. The summed E-state index contributed by atoms with van der Waals surface area (Å²) < 4.78 is 0. The van der Waals surface area contributed by atoms with Crippen LogP contribution in [0.4, 0.5) is 11.6 Å². The second kappa shape index (κ2) is 7.06. The van der Waals surface area contributed by atoms with Crippen LogP contribution in [0.5, 0.6) is 0 Å². The summed E-state index contributed by atoms with van der Waals surface area (Å²) in [6.07, 6.45) is 4.75. The van der Waals surface area contributed by atoms with Crippen molar-refractivity contribution in [3.63, 3.8) is 0 Å². The summed E-state index contributed by atoms with van der Waals surface area (Å²) in [6.45, 7) is 7.47. The molecule has 1 aromatic rings. The van der Waals surface area contributed by atoms with Crippen LogP contribution in [0.1, 0.15) is 39.2 Å². The van der Waals surface area contributed by atoms with Crippen LogP contribution in [0.25, 0.3) is 0 Å². The van der Waals surface area contributed by atoms with Gasteiger partial charge in [-0.3, -0.25) is 0 Å². The highest BCUT2D eigenvalue weighted by Crippen LogP contribution is 2.19. The maximum atomic E-state index is 5.42. The predicted octanol–water partition coefficient (Wildman–Crippen LogP) is 2.17. The summed E-state index contributed by atoms with van der Waals surface area (Å²) in [5, 5.41) is 3.35. The maximum Gasteiger partial charge on any atom is 0.148 e. The minimum absolute atomic E-state index is 0.703. The Morgan fingerprint density at radius 2 is 2.00 bits per heavy atom. The second-order valence-corrected chi connectivity index (χ2v) is 4.51. The van der Waals surface area contributed by atoms with Gasteiger partial charge in [-0.25, -0.2) is 15.8 Å². The summed E-state index contributed by atoms with van der Waals surface area (Å²) in [5.41, 5.74) is 3.65. The highest BCUT2D eigenvalue weighted by Gasteiger charge is 2.07. The first-order valence-corrected chi connectivity index (χ1v) is 6.23. The van der Waals surface area contributed by atoms with Gasteiger partial charge in [0.15, 0.2) is 0 Å². The van der Waals surface area contributed by atoms with Gasteiger partial charge in [0.25, 0.3) is 0 Å². The third-order valence-corrected chi connectivity index (χ3v) is 2.69. The van der Waals surface area contributed by atoms with E-state index in [1.165, 1.54) is 12.7 Å². The minimum Gasteiger partial charge on any atom is -0.370 e. The van der Waals surface area contributed by atoms with E-state index in [4.69, 9.17) is 5.84 Å². The van der Waals surface area contributed by atoms with Crippen molar-refractivity contribution in [1.29, 1.82) is 0 Å². The Hall–Kier alpha value is -1.36. The van der Waals surface area contributed by atoms with E-state index in [0.29, 0.717) is 5.82 Å². The SMILES string of the molecule is CCc1c(NN)ncnc1NCCCC(C)C. The zero-order valence-electron chi connectivity index (χ0n) is 11.0. The van der Waals surface area contributed by atoms with Gasteiger partial charge in [0.2, 0.25) is 0 Å². The molecule has 0 fully saturated rings. The van der Waals surface area contributed by atoms with E-state index in [1.54, 1.807) is 0 Å². The standard InChI is InChI=1S/C12H23N5/c1-4-10-11(14-7-5-6-9(2)3)15-8-16-12(10)17-13/h8-9H,4-7,13H2,1-3H3,(H2,14,15,16,17).